The van der Waals surface area contributed by atoms with Crippen LogP contribution >= 0.6 is 0 Å². The Labute approximate surface area is 160 Å². The fourth-order valence-corrected chi connectivity index (χ4v) is 2.29. The molecule has 27 heavy (non-hydrogen) atoms. The molecule has 0 heterocycles. The number of carbonyl (C=O) groups is 3. The van der Waals surface area contributed by atoms with Crippen LogP contribution in [0.4, 0.5) is 0 Å². The first-order valence-corrected chi connectivity index (χ1v) is 8.70. The van der Waals surface area contributed by atoms with Crippen molar-refractivity contribution in [2.75, 3.05) is 20.7 Å². The largest absolute Gasteiger partial charge is 0.497 e. The second kappa shape index (κ2) is 9.75. The normalized spacial score (nSPS) is 12.4. The number of likely N-dealkylation sites (N-methyl/N-ethyl adjacent to an activating group) is 1. The lowest BCUT2D eigenvalue weighted by molar-refractivity contribution is -0.137. The van der Waals surface area contributed by atoms with Gasteiger partial charge in [-0.1, -0.05) is 12.1 Å². The Hall–Kier alpha value is -2.83. The van der Waals surface area contributed by atoms with E-state index in [4.69, 9.17) is 4.74 Å². The van der Waals surface area contributed by atoms with Crippen molar-refractivity contribution in [3.63, 3.8) is 0 Å². The maximum absolute atomic E-state index is 12.3. The van der Waals surface area contributed by atoms with Gasteiger partial charge in [-0.05, 0) is 51.5 Å². The molecule has 0 aliphatic carbocycles. The number of amides is 3. The molecule has 148 valence electrons. The van der Waals surface area contributed by atoms with Gasteiger partial charge in [0.25, 0.3) is 0 Å². The number of methoxy groups -OCH3 is 1. The molecule has 7 heteroatoms. The third-order valence-electron chi connectivity index (χ3n) is 3.54. The van der Waals surface area contributed by atoms with E-state index in [1.54, 1.807) is 32.2 Å². The van der Waals surface area contributed by atoms with Gasteiger partial charge in [-0.2, -0.15) is 0 Å². The van der Waals surface area contributed by atoms with Crippen LogP contribution < -0.4 is 15.4 Å². The average Bonchev–Trinajstić information content (AvgIpc) is 2.57. The molecule has 1 aromatic rings. The molecule has 1 aromatic carbocycles. The average molecular weight is 375 g/mol. The highest BCUT2D eigenvalue weighted by molar-refractivity contribution is 5.96. The molecule has 0 saturated carbocycles. The summed E-state index contributed by atoms with van der Waals surface area (Å²) in [4.78, 5) is 37.5. The van der Waals surface area contributed by atoms with Crippen molar-refractivity contribution in [3.8, 4) is 5.75 Å². The summed E-state index contributed by atoms with van der Waals surface area (Å²) in [5.41, 5.74) is 0.466. The van der Waals surface area contributed by atoms with E-state index in [0.717, 1.165) is 11.3 Å². The van der Waals surface area contributed by atoms with E-state index < -0.39 is 6.04 Å². The van der Waals surface area contributed by atoms with E-state index in [2.05, 4.69) is 10.6 Å². The van der Waals surface area contributed by atoms with Crippen molar-refractivity contribution in [1.29, 1.82) is 0 Å². The molecule has 0 spiro atoms. The van der Waals surface area contributed by atoms with Gasteiger partial charge >= 0.3 is 0 Å². The van der Waals surface area contributed by atoms with E-state index in [1.807, 2.05) is 32.9 Å². The van der Waals surface area contributed by atoms with E-state index in [9.17, 15) is 14.4 Å². The number of rotatable bonds is 7. The highest BCUT2D eigenvalue weighted by atomic mass is 16.5. The first-order valence-electron chi connectivity index (χ1n) is 8.70. The molecule has 3 amide bonds. The lowest BCUT2D eigenvalue weighted by atomic mass is 10.1. The van der Waals surface area contributed by atoms with Crippen LogP contribution in [0.5, 0.6) is 5.75 Å². The number of nitrogens with one attached hydrogen (secondary N) is 2. The molecule has 0 aliphatic rings. The summed E-state index contributed by atoms with van der Waals surface area (Å²) in [6.45, 7) is 7.11. The van der Waals surface area contributed by atoms with Crippen molar-refractivity contribution >= 4 is 23.8 Å². The topological polar surface area (TPSA) is 87.7 Å². The maximum Gasteiger partial charge on any atom is 0.245 e. The van der Waals surface area contributed by atoms with Crippen molar-refractivity contribution in [2.24, 2.45) is 0 Å². The zero-order valence-corrected chi connectivity index (χ0v) is 16.8. The minimum atomic E-state index is -0.745. The molecular weight excluding hydrogens is 346 g/mol. The van der Waals surface area contributed by atoms with Gasteiger partial charge in [-0.25, -0.2) is 0 Å². The number of nitrogens with zero attached hydrogens (tertiary/aromatic N) is 1. The maximum atomic E-state index is 12.3. The molecule has 1 atom stereocenters. The van der Waals surface area contributed by atoms with Crippen LogP contribution in [0.2, 0.25) is 0 Å². The molecule has 2 N–H and O–H groups in total. The number of ether oxygens (including phenoxy) is 1. The third kappa shape index (κ3) is 8.40. The predicted molar refractivity (Wildman–Crippen MR) is 105 cm³/mol. The standard InChI is InChI=1S/C20H29N3O4/c1-14(19(26)23(5)13-18(25)22-20(2,3)4)21-17(24)12-9-15-7-10-16(27-6)11-8-15/h7-12,14H,13H2,1-6H3,(H,21,24)(H,22,25)/b12-9+. The summed E-state index contributed by atoms with van der Waals surface area (Å²) < 4.78 is 5.08. The van der Waals surface area contributed by atoms with Crippen LogP contribution in [-0.2, 0) is 14.4 Å². The Morgan fingerprint density at radius 2 is 1.78 bits per heavy atom. The van der Waals surface area contributed by atoms with E-state index >= 15 is 0 Å². The highest BCUT2D eigenvalue weighted by Crippen LogP contribution is 2.12. The minimum absolute atomic E-state index is 0.0714. The van der Waals surface area contributed by atoms with Crippen molar-refractivity contribution in [3.05, 3.63) is 35.9 Å². The van der Waals surface area contributed by atoms with Crippen LogP contribution in [0.1, 0.15) is 33.3 Å². The second-order valence-electron chi connectivity index (χ2n) is 7.33. The number of hydrogen-bond acceptors (Lipinski definition) is 4. The molecule has 0 radical (unpaired) electrons. The predicted octanol–water partition coefficient (Wildman–Crippen LogP) is 1.59. The zero-order valence-electron chi connectivity index (χ0n) is 16.8. The lowest BCUT2D eigenvalue weighted by Crippen LogP contribution is -2.50. The Balaban J connectivity index is 2.53. The van der Waals surface area contributed by atoms with Crippen LogP contribution in [0.15, 0.2) is 30.3 Å². The number of benzene rings is 1. The molecule has 7 nitrogen and oxygen atoms in total. The monoisotopic (exact) mass is 375 g/mol. The second-order valence-corrected chi connectivity index (χ2v) is 7.33. The van der Waals surface area contributed by atoms with Crippen molar-refractivity contribution < 1.29 is 19.1 Å². The molecule has 0 aliphatic heterocycles. The Kier molecular flexibility index (Phi) is 8.02. The smallest absolute Gasteiger partial charge is 0.245 e. The Bertz CT molecular complexity index is 690. The van der Waals surface area contributed by atoms with Crippen molar-refractivity contribution in [2.45, 2.75) is 39.3 Å². The number of hydrogen-bond donors (Lipinski definition) is 2. The van der Waals surface area contributed by atoms with Gasteiger partial charge in [0.1, 0.15) is 11.8 Å². The quantitative estimate of drug-likeness (QED) is 0.709. The van der Waals surface area contributed by atoms with Crippen LogP contribution in [0, 0.1) is 0 Å². The fraction of sp³-hybridized carbons (Fsp3) is 0.450. The molecule has 0 saturated heterocycles. The van der Waals surface area contributed by atoms with Gasteiger partial charge in [0.05, 0.1) is 13.7 Å². The summed E-state index contributed by atoms with van der Waals surface area (Å²) in [5.74, 6) is -0.255. The van der Waals surface area contributed by atoms with Crippen LogP contribution in [-0.4, -0.2) is 54.9 Å². The van der Waals surface area contributed by atoms with Gasteiger partial charge < -0.3 is 20.3 Å². The minimum Gasteiger partial charge on any atom is -0.497 e. The van der Waals surface area contributed by atoms with Gasteiger partial charge in [0.15, 0.2) is 0 Å². The SMILES string of the molecule is COc1ccc(/C=C/C(=O)NC(C)C(=O)N(C)CC(=O)NC(C)(C)C)cc1. The number of carbonyl (C=O) groups excluding carboxylic acids is 3. The van der Waals surface area contributed by atoms with Gasteiger partial charge in [0, 0.05) is 18.7 Å². The van der Waals surface area contributed by atoms with Crippen molar-refractivity contribution in [1.82, 2.24) is 15.5 Å². The first kappa shape index (κ1) is 22.2. The van der Waals surface area contributed by atoms with Gasteiger partial charge in [-0.3, -0.25) is 14.4 Å². The highest BCUT2D eigenvalue weighted by Gasteiger charge is 2.22. The molecule has 0 bridgehead atoms. The van der Waals surface area contributed by atoms with E-state index in [-0.39, 0.29) is 29.8 Å². The van der Waals surface area contributed by atoms with Gasteiger partial charge in [0.2, 0.25) is 17.7 Å². The Morgan fingerprint density at radius 3 is 2.30 bits per heavy atom. The fourth-order valence-electron chi connectivity index (χ4n) is 2.29. The summed E-state index contributed by atoms with van der Waals surface area (Å²) in [5, 5.41) is 5.39. The molecule has 0 fully saturated rings. The van der Waals surface area contributed by atoms with E-state index in [1.165, 1.54) is 18.0 Å². The summed E-state index contributed by atoms with van der Waals surface area (Å²) in [6, 6.07) is 6.48. The zero-order chi connectivity index (χ0) is 20.6. The van der Waals surface area contributed by atoms with Crippen LogP contribution in [0.3, 0.4) is 0 Å². The molecule has 1 rings (SSSR count). The summed E-state index contributed by atoms with van der Waals surface area (Å²) >= 11 is 0. The molecule has 1 unspecified atom stereocenters. The lowest BCUT2D eigenvalue weighted by Gasteiger charge is -2.25. The first-order chi connectivity index (χ1) is 12.5. The molecule has 0 aromatic heterocycles. The summed E-state index contributed by atoms with van der Waals surface area (Å²) in [6.07, 6.45) is 3.00. The van der Waals surface area contributed by atoms with E-state index in [0.29, 0.717) is 0 Å². The Morgan fingerprint density at radius 1 is 1.19 bits per heavy atom. The summed E-state index contributed by atoms with van der Waals surface area (Å²) in [7, 11) is 3.11. The van der Waals surface area contributed by atoms with Gasteiger partial charge in [-0.15, -0.1) is 0 Å². The third-order valence-corrected chi connectivity index (χ3v) is 3.54. The van der Waals surface area contributed by atoms with Crippen LogP contribution in [0.25, 0.3) is 6.08 Å². The molecular formula is C20H29N3O4.